The van der Waals surface area contributed by atoms with E-state index in [2.05, 4.69) is 29.2 Å². The molecule has 2 saturated heterocycles. The smallest absolute Gasteiger partial charge is 0.350 e. The summed E-state index contributed by atoms with van der Waals surface area (Å²) in [4.78, 5) is 94.0. The zero-order chi connectivity index (χ0) is 44.9. The number of hydrogen-bond acceptors (Lipinski definition) is 17. The number of carbonyl (C=O) groups is 7. The number of anilines is 2. The van der Waals surface area contributed by atoms with Gasteiger partial charge in [-0.25, -0.2) is 24.0 Å². The van der Waals surface area contributed by atoms with Gasteiger partial charge < -0.3 is 49.2 Å². The Labute approximate surface area is 343 Å². The minimum Gasteiger partial charge on any atom is -0.465 e. The van der Waals surface area contributed by atoms with E-state index in [0.29, 0.717) is 39.1 Å². The summed E-state index contributed by atoms with van der Waals surface area (Å²) in [6.07, 6.45) is -0.274. The number of aryl methyl sites for hydroxylation is 1. The molecule has 0 amide bonds. The maximum Gasteiger partial charge on any atom is 0.350 e. The van der Waals surface area contributed by atoms with Crippen molar-refractivity contribution in [1.82, 2.24) is 4.98 Å². The lowest BCUT2D eigenvalue weighted by atomic mass is 10.1. The number of allylic oxidation sites excluding steroid dienone is 1. The van der Waals surface area contributed by atoms with Gasteiger partial charge in [0, 0.05) is 56.2 Å². The third-order valence-electron chi connectivity index (χ3n) is 7.89. The number of nitrogens with one attached hydrogen (secondary N) is 2. The van der Waals surface area contributed by atoms with Crippen LogP contribution in [0.3, 0.4) is 0 Å². The molecule has 4 N–H and O–H groups in total. The summed E-state index contributed by atoms with van der Waals surface area (Å²) in [5, 5.41) is 3.35. The van der Waals surface area contributed by atoms with Crippen LogP contribution < -0.4 is 16.5 Å². The van der Waals surface area contributed by atoms with Gasteiger partial charge in [0.05, 0.1) is 49.2 Å². The molecule has 0 bridgehead atoms. The van der Waals surface area contributed by atoms with E-state index in [0.717, 1.165) is 0 Å². The molecule has 0 radical (unpaired) electrons. The van der Waals surface area contributed by atoms with Crippen molar-refractivity contribution < 1.29 is 66.7 Å². The molecule has 18 heteroatoms. The van der Waals surface area contributed by atoms with Crippen LogP contribution in [0.2, 0.25) is 0 Å². The molecular formula is C42H45N3O15. The molecule has 0 atom stereocenters. The molecule has 4 aromatic rings. The quantitative estimate of drug-likeness (QED) is 0.0604. The number of nitrogen functional groups attached to an aromatic ring is 1. The number of rotatable bonds is 5. The van der Waals surface area contributed by atoms with Crippen molar-refractivity contribution >= 4 is 64.1 Å². The second-order valence-corrected chi connectivity index (χ2v) is 13.5. The van der Waals surface area contributed by atoms with Crippen molar-refractivity contribution in [3.63, 3.8) is 0 Å². The molecule has 318 valence electrons. The number of cyclic esters (lactones) is 4. The molecule has 0 aliphatic carbocycles. The lowest BCUT2D eigenvalue weighted by Crippen LogP contribution is -2.42. The second kappa shape index (κ2) is 20.3. The lowest BCUT2D eigenvalue weighted by molar-refractivity contribution is -0.231. The van der Waals surface area contributed by atoms with Gasteiger partial charge in [-0.15, -0.1) is 0 Å². The Morgan fingerprint density at radius 2 is 1.13 bits per heavy atom. The van der Waals surface area contributed by atoms with E-state index in [1.54, 1.807) is 73.7 Å². The van der Waals surface area contributed by atoms with Crippen molar-refractivity contribution in [2.24, 2.45) is 0 Å². The standard InChI is InChI=1S/C16H17NO6.C12H11NO3.C8H9NO2.C6H8O4/c1-9(12-14(19)22-16(2,3)23-15(12)20)17-11-8-6-5-7-10(11)13(18)21-4;1-7-6-10(14)8-4-3-5-9(11(8)13-7)12(15)16-2;1-11-8(10)6-4-2-3-5-7(6)9;1-6(2)9-4(7)3-5(8)10-6/h5-8,17H,1-4H3;3-6H,1-2H3,(H,13,14);2-5H,9H2,1H3;3H2,1-2H3. The molecular weight excluding hydrogens is 786 g/mol. The van der Waals surface area contributed by atoms with Gasteiger partial charge in [0.15, 0.2) is 11.0 Å². The van der Waals surface area contributed by atoms with Gasteiger partial charge in [0.2, 0.25) is 0 Å². The summed E-state index contributed by atoms with van der Waals surface area (Å²) < 4.78 is 33.3. The Bertz CT molecular complexity index is 2360. The molecule has 3 heterocycles. The average Bonchev–Trinajstić information content (AvgIpc) is 3.16. The van der Waals surface area contributed by atoms with Gasteiger partial charge in [-0.05, 0) is 50.2 Å². The fourth-order valence-corrected chi connectivity index (χ4v) is 5.34. The number of nitrogens with two attached hydrogens (primary N) is 1. The number of hydrogen-bond donors (Lipinski definition) is 3. The van der Waals surface area contributed by atoms with Crippen LogP contribution in [0.15, 0.2) is 88.9 Å². The third kappa shape index (κ3) is 12.8. The third-order valence-corrected chi connectivity index (χ3v) is 7.89. The van der Waals surface area contributed by atoms with Gasteiger partial charge in [-0.1, -0.05) is 30.3 Å². The molecule has 2 aliphatic heterocycles. The van der Waals surface area contributed by atoms with E-state index in [9.17, 15) is 38.4 Å². The number of ether oxygens (including phenoxy) is 7. The zero-order valence-electron chi connectivity index (χ0n) is 34.3. The fraction of sp³-hybridized carbons (Fsp3) is 0.286. The molecule has 60 heavy (non-hydrogen) atoms. The van der Waals surface area contributed by atoms with Gasteiger partial charge in [-0.3, -0.25) is 14.4 Å². The van der Waals surface area contributed by atoms with Crippen molar-refractivity contribution in [3.8, 4) is 0 Å². The Balaban J connectivity index is 0.000000226. The second-order valence-electron chi connectivity index (χ2n) is 13.5. The topological polar surface area (TPSA) is 255 Å². The van der Waals surface area contributed by atoms with Crippen LogP contribution >= 0.6 is 0 Å². The minimum absolute atomic E-state index is 0.1000. The number of carbonyl (C=O) groups excluding carboxylic acids is 7. The molecule has 0 spiro atoms. The number of methoxy groups -OCH3 is 3. The van der Waals surface area contributed by atoms with Crippen LogP contribution in [0, 0.1) is 6.92 Å². The van der Waals surface area contributed by atoms with E-state index >= 15 is 0 Å². The predicted octanol–water partition coefficient (Wildman–Crippen LogP) is 4.89. The Morgan fingerprint density at radius 1 is 0.667 bits per heavy atom. The Kier molecular flexibility index (Phi) is 15.8. The normalized spacial score (nSPS) is 14.6. The molecule has 2 aliphatic rings. The number of H-pyrrole nitrogens is 1. The van der Waals surface area contributed by atoms with Crippen LogP contribution in [0.5, 0.6) is 0 Å². The maximum atomic E-state index is 12.0. The van der Waals surface area contributed by atoms with Gasteiger partial charge in [0.25, 0.3) is 11.6 Å². The molecule has 2 fully saturated rings. The molecule has 0 saturated carbocycles. The highest BCUT2D eigenvalue weighted by atomic mass is 16.7. The number of para-hydroxylation sites is 3. The van der Waals surface area contributed by atoms with E-state index in [1.807, 2.05) is 0 Å². The van der Waals surface area contributed by atoms with Gasteiger partial charge in [-0.2, -0.15) is 0 Å². The molecule has 6 rings (SSSR count). The van der Waals surface area contributed by atoms with Crippen molar-refractivity contribution in [2.45, 2.75) is 59.5 Å². The van der Waals surface area contributed by atoms with E-state index in [-0.39, 0.29) is 28.7 Å². The molecule has 18 nitrogen and oxygen atoms in total. The summed E-state index contributed by atoms with van der Waals surface area (Å²) in [6, 6.07) is 19.8. The number of fused-ring (bicyclic) bond motifs is 1. The Morgan fingerprint density at radius 3 is 1.67 bits per heavy atom. The van der Waals surface area contributed by atoms with Crippen LogP contribution in [-0.4, -0.2) is 79.7 Å². The summed E-state index contributed by atoms with van der Waals surface area (Å²) in [7, 11) is 3.91. The first kappa shape index (κ1) is 46.9. The molecule has 0 unspecified atom stereocenters. The minimum atomic E-state index is -1.30. The monoisotopic (exact) mass is 831 g/mol. The van der Waals surface area contributed by atoms with E-state index in [1.165, 1.54) is 62.0 Å². The van der Waals surface area contributed by atoms with Crippen molar-refractivity contribution in [1.29, 1.82) is 0 Å². The SMILES string of the molecule is CC1(C)OC(=O)CC(=O)O1.COC(=O)c1cccc2c(=O)cc(C)[nH]c12.COC(=O)c1ccccc1N.COC(=O)c1ccccc1NC(C)=C1C(=O)OC(C)(C)OC1=O. The highest BCUT2D eigenvalue weighted by Crippen LogP contribution is 2.26. The highest BCUT2D eigenvalue weighted by molar-refractivity contribution is 6.16. The van der Waals surface area contributed by atoms with E-state index < -0.39 is 53.4 Å². The number of aromatic amines is 1. The first-order chi connectivity index (χ1) is 28.1. The fourth-order valence-electron chi connectivity index (χ4n) is 5.34. The maximum absolute atomic E-state index is 12.0. The molecule has 3 aromatic carbocycles. The number of pyridine rings is 1. The lowest BCUT2D eigenvalue weighted by Gasteiger charge is -2.30. The van der Waals surface area contributed by atoms with Gasteiger partial charge >= 0.3 is 41.8 Å². The van der Waals surface area contributed by atoms with Crippen molar-refractivity contribution in [3.05, 3.63) is 117 Å². The first-order valence-corrected chi connectivity index (χ1v) is 17.8. The summed E-state index contributed by atoms with van der Waals surface area (Å²) >= 11 is 0. The van der Waals surface area contributed by atoms with E-state index in [4.69, 9.17) is 19.9 Å². The average molecular weight is 832 g/mol. The number of aromatic nitrogens is 1. The van der Waals surface area contributed by atoms with Crippen LogP contribution in [-0.2, 0) is 52.3 Å². The zero-order valence-corrected chi connectivity index (χ0v) is 34.3. The summed E-state index contributed by atoms with van der Waals surface area (Å²) in [5.74, 6) is -6.40. The highest BCUT2D eigenvalue weighted by Gasteiger charge is 2.40. The first-order valence-electron chi connectivity index (χ1n) is 17.8. The summed E-state index contributed by atoms with van der Waals surface area (Å²) in [5.41, 5.74) is 8.51. The molecule has 1 aromatic heterocycles. The number of esters is 7. The predicted molar refractivity (Wildman–Crippen MR) is 214 cm³/mol. The van der Waals surface area contributed by atoms with Crippen molar-refractivity contribution in [2.75, 3.05) is 32.4 Å². The summed E-state index contributed by atoms with van der Waals surface area (Å²) in [6.45, 7) is 9.26. The largest absolute Gasteiger partial charge is 0.465 e. The Hall–Kier alpha value is -7.50. The van der Waals surface area contributed by atoms with Crippen LogP contribution in [0.25, 0.3) is 10.9 Å². The van der Waals surface area contributed by atoms with Crippen LogP contribution in [0.1, 0.15) is 77.8 Å². The number of benzene rings is 3. The van der Waals surface area contributed by atoms with Gasteiger partial charge in [0.1, 0.15) is 6.42 Å². The van der Waals surface area contributed by atoms with Crippen LogP contribution in [0.4, 0.5) is 11.4 Å².